The van der Waals surface area contributed by atoms with Crippen LogP contribution < -0.4 is 9.80 Å². The van der Waals surface area contributed by atoms with Gasteiger partial charge < -0.3 is 30.2 Å². The number of aliphatic hydroxyl groups excluding tert-OH is 4. The summed E-state index contributed by atoms with van der Waals surface area (Å²) in [7, 11) is 0. The van der Waals surface area contributed by atoms with Crippen molar-refractivity contribution in [1.82, 2.24) is 0 Å². The van der Waals surface area contributed by atoms with Crippen molar-refractivity contribution in [3.05, 3.63) is 131 Å². The van der Waals surface area contributed by atoms with E-state index < -0.39 is 36.3 Å². The summed E-state index contributed by atoms with van der Waals surface area (Å²) in [6, 6.07) is 24.4. The quantitative estimate of drug-likeness (QED) is 0.190. The van der Waals surface area contributed by atoms with E-state index in [1.807, 2.05) is 48.6 Å². The van der Waals surface area contributed by atoms with Crippen LogP contribution in [0.4, 0.5) is 11.4 Å². The maximum atomic E-state index is 11.3. The Bertz CT molecular complexity index is 1580. The van der Waals surface area contributed by atoms with E-state index in [2.05, 4.69) is 84.3 Å². The molecule has 0 saturated heterocycles. The molecule has 3 aromatic rings. The number of para-hydroxylation sites is 2. The molecule has 4 unspecified atom stereocenters. The van der Waals surface area contributed by atoms with Gasteiger partial charge in [0.25, 0.3) is 0 Å². The molecule has 250 valence electrons. The van der Waals surface area contributed by atoms with Crippen LogP contribution in [0.15, 0.2) is 108 Å². The third kappa shape index (κ3) is 5.85. The summed E-state index contributed by atoms with van der Waals surface area (Å²) in [6.07, 6.45) is 13.9. The fraction of sp³-hybridized carbons (Fsp3) is 0.381. The minimum atomic E-state index is -0.711. The van der Waals surface area contributed by atoms with Crippen LogP contribution in [0.5, 0.6) is 0 Å². The first kappa shape index (κ1) is 32.6. The number of benzene rings is 3. The molecule has 4 N–H and O–H groups in total. The number of allylic oxidation sites excluding steroid dienone is 2. The van der Waals surface area contributed by atoms with E-state index in [9.17, 15) is 20.4 Å². The average Bonchev–Trinajstić information content (AvgIpc) is 3.12. The van der Waals surface area contributed by atoms with Crippen LogP contribution in [0, 0.1) is 11.8 Å². The zero-order chi connectivity index (χ0) is 33.4. The lowest BCUT2D eigenvalue weighted by Gasteiger charge is -2.47. The third-order valence-electron chi connectivity index (χ3n) is 10.9. The largest absolute Gasteiger partial charge is 0.392 e. The molecular formula is C42H48N2O4. The second kappa shape index (κ2) is 13.9. The molecule has 7 rings (SSSR count). The van der Waals surface area contributed by atoms with E-state index >= 15 is 0 Å². The van der Waals surface area contributed by atoms with E-state index in [4.69, 9.17) is 0 Å². The van der Waals surface area contributed by atoms with Gasteiger partial charge in [0.2, 0.25) is 0 Å². The summed E-state index contributed by atoms with van der Waals surface area (Å²) in [5, 5.41) is 45.1. The van der Waals surface area contributed by atoms with Crippen molar-refractivity contribution in [2.45, 2.75) is 75.8 Å². The van der Waals surface area contributed by atoms with Crippen LogP contribution in [-0.4, -0.2) is 57.9 Å². The van der Waals surface area contributed by atoms with Gasteiger partial charge in [0.1, 0.15) is 0 Å². The first-order valence-electron chi connectivity index (χ1n) is 17.8. The Balaban J connectivity index is 1.03. The molecule has 4 atom stereocenters. The minimum absolute atomic E-state index is 0.370. The Morgan fingerprint density at radius 1 is 0.521 bits per heavy atom. The fourth-order valence-corrected chi connectivity index (χ4v) is 7.97. The van der Waals surface area contributed by atoms with Crippen LogP contribution in [0.25, 0.3) is 12.2 Å². The number of nitrogens with zero attached hydrogens (tertiary/aromatic N) is 2. The first-order chi connectivity index (χ1) is 23.4. The van der Waals surface area contributed by atoms with Gasteiger partial charge in [0, 0.05) is 59.5 Å². The summed E-state index contributed by atoms with van der Waals surface area (Å²) in [5.41, 5.74) is 8.41. The van der Waals surface area contributed by atoms with Gasteiger partial charge in [-0.2, -0.15) is 0 Å². The molecular weight excluding hydrogens is 596 g/mol. The third-order valence-corrected chi connectivity index (χ3v) is 10.9. The van der Waals surface area contributed by atoms with Crippen molar-refractivity contribution in [3.63, 3.8) is 0 Å². The highest BCUT2D eigenvalue weighted by Gasteiger charge is 2.50. The normalized spacial score (nSPS) is 30.6. The maximum Gasteiger partial charge on any atom is 0.0722 e. The van der Waals surface area contributed by atoms with Crippen LogP contribution in [0.3, 0.4) is 0 Å². The van der Waals surface area contributed by atoms with E-state index in [-0.39, 0.29) is 11.8 Å². The molecule has 2 saturated carbocycles. The molecule has 2 heterocycles. The second-order valence-electron chi connectivity index (χ2n) is 13.8. The Morgan fingerprint density at radius 3 is 1.27 bits per heavy atom. The Morgan fingerprint density at radius 2 is 0.896 bits per heavy atom. The summed E-state index contributed by atoms with van der Waals surface area (Å²) >= 11 is 0. The molecule has 4 aliphatic rings. The lowest BCUT2D eigenvalue weighted by atomic mass is 9.64. The number of rotatable bonds is 10. The summed E-state index contributed by atoms with van der Waals surface area (Å²) in [4.78, 5) is 4.59. The monoisotopic (exact) mass is 644 g/mol. The smallest absolute Gasteiger partial charge is 0.0722 e. The topological polar surface area (TPSA) is 87.4 Å². The van der Waals surface area contributed by atoms with Crippen molar-refractivity contribution in [2.24, 2.45) is 11.8 Å². The van der Waals surface area contributed by atoms with Crippen molar-refractivity contribution < 1.29 is 20.4 Å². The van der Waals surface area contributed by atoms with Gasteiger partial charge in [-0.3, -0.25) is 0 Å². The van der Waals surface area contributed by atoms with Crippen molar-refractivity contribution in [1.29, 1.82) is 0 Å². The fourth-order valence-electron chi connectivity index (χ4n) is 7.97. The van der Waals surface area contributed by atoms with Gasteiger partial charge in [-0.1, -0.05) is 112 Å². The Hall–Kier alpha value is -3.94. The Labute approximate surface area is 284 Å². The molecule has 0 aromatic heterocycles. The van der Waals surface area contributed by atoms with E-state index in [1.165, 1.54) is 11.1 Å². The SMILES string of the molecule is CCCCN1C(=CC2C(O)C(c3ccc(C4C(O)C(C=C5C=Cc6ccccc6N5CCCC)C4O)cc3)C2O)C=Cc2ccccc21. The summed E-state index contributed by atoms with van der Waals surface area (Å²) in [6.45, 7) is 6.13. The van der Waals surface area contributed by atoms with Crippen LogP contribution >= 0.6 is 0 Å². The summed E-state index contributed by atoms with van der Waals surface area (Å²) in [5.74, 6) is -1.53. The lowest BCUT2D eigenvalue weighted by Crippen LogP contribution is -2.53. The number of hydrogen-bond acceptors (Lipinski definition) is 6. The second-order valence-corrected chi connectivity index (χ2v) is 13.8. The number of unbranched alkanes of at least 4 members (excludes halogenated alkanes) is 2. The zero-order valence-electron chi connectivity index (χ0n) is 27.9. The number of fused-ring (bicyclic) bond motifs is 2. The highest BCUT2D eigenvalue weighted by atomic mass is 16.3. The Kier molecular flexibility index (Phi) is 9.43. The van der Waals surface area contributed by atoms with Crippen molar-refractivity contribution >= 4 is 23.5 Å². The molecule has 2 fully saturated rings. The zero-order valence-corrected chi connectivity index (χ0v) is 27.9. The van der Waals surface area contributed by atoms with E-state index in [1.54, 1.807) is 0 Å². The molecule has 48 heavy (non-hydrogen) atoms. The van der Waals surface area contributed by atoms with Gasteiger partial charge in [-0.25, -0.2) is 0 Å². The number of hydrogen-bond donors (Lipinski definition) is 4. The number of aliphatic hydroxyl groups is 4. The highest BCUT2D eigenvalue weighted by Crippen LogP contribution is 2.47. The first-order valence-corrected chi connectivity index (χ1v) is 17.8. The van der Waals surface area contributed by atoms with E-state index in [0.717, 1.165) is 72.7 Å². The van der Waals surface area contributed by atoms with Gasteiger partial charge in [-0.15, -0.1) is 0 Å². The van der Waals surface area contributed by atoms with Gasteiger partial charge in [0.05, 0.1) is 24.4 Å². The molecule has 3 aromatic carbocycles. The predicted molar refractivity (Wildman–Crippen MR) is 195 cm³/mol. The lowest BCUT2D eigenvalue weighted by molar-refractivity contribution is -0.0960. The predicted octanol–water partition coefficient (Wildman–Crippen LogP) is 6.99. The highest BCUT2D eigenvalue weighted by molar-refractivity contribution is 5.77. The van der Waals surface area contributed by atoms with Crippen LogP contribution in [-0.2, 0) is 0 Å². The van der Waals surface area contributed by atoms with E-state index in [0.29, 0.717) is 0 Å². The standard InChI is InChI=1S/C42H48N2O4/c1-3-5-23-43-31(21-19-27-11-7-9-13-35(27)43)25-33-39(45)37(40(33)46)29-15-17-30(18-16-29)38-41(47)34(42(38)48)26-32-22-20-28-12-8-10-14-36(28)44(32)24-6-4-2/h7-22,25-26,33-34,37-42,45-48H,3-6,23-24H2,1-2H3. The minimum Gasteiger partial charge on any atom is -0.392 e. The molecule has 2 aliphatic carbocycles. The van der Waals surface area contributed by atoms with Gasteiger partial charge in [-0.05, 0) is 59.4 Å². The maximum absolute atomic E-state index is 11.3. The van der Waals surface area contributed by atoms with Crippen LogP contribution in [0.2, 0.25) is 0 Å². The molecule has 2 aliphatic heterocycles. The summed E-state index contributed by atoms with van der Waals surface area (Å²) < 4.78 is 0. The van der Waals surface area contributed by atoms with Crippen LogP contribution in [0.1, 0.15) is 73.6 Å². The molecule has 0 amide bonds. The van der Waals surface area contributed by atoms with Gasteiger partial charge >= 0.3 is 0 Å². The van der Waals surface area contributed by atoms with Crippen molar-refractivity contribution in [3.8, 4) is 0 Å². The molecule has 0 bridgehead atoms. The van der Waals surface area contributed by atoms with Crippen molar-refractivity contribution in [2.75, 3.05) is 22.9 Å². The molecule has 0 radical (unpaired) electrons. The van der Waals surface area contributed by atoms with Gasteiger partial charge in [0.15, 0.2) is 0 Å². The molecule has 6 nitrogen and oxygen atoms in total. The average molecular weight is 645 g/mol. The molecule has 6 heteroatoms. The number of anilines is 2. The molecule has 0 spiro atoms.